The van der Waals surface area contributed by atoms with Crippen molar-refractivity contribution in [2.45, 2.75) is 35.6 Å². The molecule has 0 aromatic heterocycles. The molecule has 9 heteroatoms. The first-order chi connectivity index (χ1) is 14.3. The number of benzene rings is 2. The van der Waals surface area contributed by atoms with Gasteiger partial charge in [-0.1, -0.05) is 17.7 Å². The number of nitrogens with zero attached hydrogens (tertiary/aromatic N) is 1. The van der Waals surface area contributed by atoms with E-state index in [9.17, 15) is 18.0 Å². The highest BCUT2D eigenvalue weighted by molar-refractivity contribution is 7.98. The molecule has 1 aliphatic heterocycles. The topological polar surface area (TPSA) is 92.8 Å². The van der Waals surface area contributed by atoms with E-state index in [0.717, 1.165) is 10.5 Å². The average Bonchev–Trinajstić information content (AvgIpc) is 3.24. The summed E-state index contributed by atoms with van der Waals surface area (Å²) in [7, 11) is -3.81. The second-order valence-electron chi connectivity index (χ2n) is 6.97. The molecule has 0 aliphatic carbocycles. The maximum atomic E-state index is 12.9. The predicted molar refractivity (Wildman–Crippen MR) is 116 cm³/mol. The van der Waals surface area contributed by atoms with Gasteiger partial charge in [0.05, 0.1) is 4.90 Å². The number of thioether (sulfide) groups is 1. The first kappa shape index (κ1) is 22.3. The fourth-order valence-electron chi connectivity index (χ4n) is 3.21. The average molecular weight is 449 g/mol. The largest absolute Gasteiger partial charge is 0.454 e. The Bertz CT molecular complexity index is 1000. The lowest BCUT2D eigenvalue weighted by Crippen LogP contribution is -2.42. The van der Waals surface area contributed by atoms with E-state index >= 15 is 0 Å². The van der Waals surface area contributed by atoms with E-state index < -0.39 is 34.5 Å². The third-order valence-corrected chi connectivity index (χ3v) is 7.49. The van der Waals surface area contributed by atoms with Gasteiger partial charge in [0.1, 0.15) is 6.04 Å². The molecular weight excluding hydrogens is 424 g/mol. The molecule has 0 unspecified atom stereocenters. The van der Waals surface area contributed by atoms with Gasteiger partial charge < -0.3 is 10.1 Å². The molecule has 2 aromatic rings. The summed E-state index contributed by atoms with van der Waals surface area (Å²) < 4.78 is 32.1. The van der Waals surface area contributed by atoms with Crippen LogP contribution < -0.4 is 5.32 Å². The van der Waals surface area contributed by atoms with Gasteiger partial charge >= 0.3 is 5.97 Å². The molecule has 0 spiro atoms. The predicted octanol–water partition coefficient (Wildman–Crippen LogP) is 3.05. The minimum Gasteiger partial charge on any atom is -0.454 e. The van der Waals surface area contributed by atoms with Gasteiger partial charge in [0.2, 0.25) is 10.0 Å². The molecule has 160 valence electrons. The molecule has 30 heavy (non-hydrogen) atoms. The normalized spacial score (nSPS) is 16.9. The molecule has 1 amide bonds. The van der Waals surface area contributed by atoms with Gasteiger partial charge in [-0.05, 0) is 62.4 Å². The molecule has 0 radical (unpaired) electrons. The third kappa shape index (κ3) is 5.21. The van der Waals surface area contributed by atoms with Gasteiger partial charge in [0.15, 0.2) is 6.61 Å². The van der Waals surface area contributed by atoms with E-state index in [4.69, 9.17) is 4.74 Å². The molecule has 7 nitrogen and oxygen atoms in total. The standard InChI is InChI=1S/C21H24N2O5S2/c1-15-5-11-18(12-6-15)30(26,27)23-13-3-4-19(23)21(25)28-14-20(24)22-16-7-9-17(29-2)10-8-16/h5-12,19H,3-4,13-14H2,1-2H3,(H,22,24)/t19-/m0/s1. The fraction of sp³-hybridized carbons (Fsp3) is 0.333. The summed E-state index contributed by atoms with van der Waals surface area (Å²) in [6, 6.07) is 12.8. The van der Waals surface area contributed by atoms with E-state index in [0.29, 0.717) is 18.5 Å². The molecular formula is C21H24N2O5S2. The fourth-order valence-corrected chi connectivity index (χ4v) is 5.27. The summed E-state index contributed by atoms with van der Waals surface area (Å²) in [6.45, 7) is 1.64. The van der Waals surface area contributed by atoms with Gasteiger partial charge in [-0.25, -0.2) is 8.42 Å². The highest BCUT2D eigenvalue weighted by atomic mass is 32.2. The van der Waals surface area contributed by atoms with E-state index in [1.807, 2.05) is 25.3 Å². The number of hydrogen-bond donors (Lipinski definition) is 1. The van der Waals surface area contributed by atoms with Gasteiger partial charge in [-0.2, -0.15) is 4.31 Å². The summed E-state index contributed by atoms with van der Waals surface area (Å²) in [5, 5.41) is 2.65. The van der Waals surface area contributed by atoms with Crippen LogP contribution in [0.15, 0.2) is 58.3 Å². The number of amides is 1. The summed E-state index contributed by atoms with van der Waals surface area (Å²) in [4.78, 5) is 25.8. The lowest BCUT2D eigenvalue weighted by Gasteiger charge is -2.22. The van der Waals surface area contributed by atoms with Crippen molar-refractivity contribution in [3.8, 4) is 0 Å². The minimum atomic E-state index is -3.81. The number of esters is 1. The Balaban J connectivity index is 1.60. The molecule has 1 fully saturated rings. The summed E-state index contributed by atoms with van der Waals surface area (Å²) in [5.74, 6) is -1.19. The Kier molecular flexibility index (Phi) is 7.17. The lowest BCUT2D eigenvalue weighted by molar-refractivity contribution is -0.150. The Hall–Kier alpha value is -2.36. The van der Waals surface area contributed by atoms with E-state index in [1.165, 1.54) is 16.4 Å². The Labute approximate surface area is 180 Å². The second-order valence-corrected chi connectivity index (χ2v) is 9.74. The number of sulfonamides is 1. The van der Waals surface area contributed by atoms with Crippen LogP contribution in [0.1, 0.15) is 18.4 Å². The van der Waals surface area contributed by atoms with E-state index in [-0.39, 0.29) is 11.4 Å². The Morgan fingerprint density at radius 3 is 2.43 bits per heavy atom. The Morgan fingerprint density at radius 2 is 1.80 bits per heavy atom. The SMILES string of the molecule is CSc1ccc(NC(=O)COC(=O)[C@@H]2CCCN2S(=O)(=O)c2ccc(C)cc2)cc1. The maximum absolute atomic E-state index is 12.9. The highest BCUT2D eigenvalue weighted by Crippen LogP contribution is 2.27. The van der Waals surface area contributed by atoms with Crippen molar-refractivity contribution in [1.82, 2.24) is 4.31 Å². The van der Waals surface area contributed by atoms with Crippen LogP contribution in [0.25, 0.3) is 0 Å². The number of carbonyl (C=O) groups is 2. The Morgan fingerprint density at radius 1 is 1.13 bits per heavy atom. The molecule has 1 N–H and O–H groups in total. The van der Waals surface area contributed by atoms with Crippen LogP contribution in [-0.2, 0) is 24.3 Å². The van der Waals surface area contributed by atoms with Crippen molar-refractivity contribution < 1.29 is 22.7 Å². The van der Waals surface area contributed by atoms with E-state index in [1.54, 1.807) is 36.0 Å². The molecule has 3 rings (SSSR count). The quantitative estimate of drug-likeness (QED) is 0.517. The van der Waals surface area contributed by atoms with Crippen molar-refractivity contribution in [2.24, 2.45) is 0 Å². The van der Waals surface area contributed by atoms with Crippen molar-refractivity contribution in [3.05, 3.63) is 54.1 Å². The molecule has 1 heterocycles. The number of hydrogen-bond acceptors (Lipinski definition) is 6. The number of anilines is 1. The molecule has 0 saturated carbocycles. The first-order valence-electron chi connectivity index (χ1n) is 9.50. The number of aryl methyl sites for hydroxylation is 1. The zero-order valence-electron chi connectivity index (χ0n) is 16.8. The molecule has 0 bridgehead atoms. The van der Waals surface area contributed by atoms with Gasteiger partial charge in [0, 0.05) is 17.1 Å². The minimum absolute atomic E-state index is 0.138. The van der Waals surface area contributed by atoms with Crippen LogP contribution >= 0.6 is 11.8 Å². The molecule has 1 saturated heterocycles. The van der Waals surface area contributed by atoms with Gasteiger partial charge in [-0.3, -0.25) is 9.59 Å². The first-order valence-corrected chi connectivity index (χ1v) is 12.2. The lowest BCUT2D eigenvalue weighted by atomic mass is 10.2. The van der Waals surface area contributed by atoms with Crippen LogP contribution in [0.3, 0.4) is 0 Å². The van der Waals surface area contributed by atoms with Crippen molar-refractivity contribution in [2.75, 3.05) is 24.7 Å². The molecule has 1 atom stereocenters. The summed E-state index contributed by atoms with van der Waals surface area (Å²) >= 11 is 1.59. The summed E-state index contributed by atoms with van der Waals surface area (Å²) in [5.41, 5.74) is 1.54. The second kappa shape index (κ2) is 9.63. The zero-order valence-corrected chi connectivity index (χ0v) is 18.5. The van der Waals surface area contributed by atoms with Crippen LogP contribution in [0.5, 0.6) is 0 Å². The number of ether oxygens (including phenoxy) is 1. The van der Waals surface area contributed by atoms with Gasteiger partial charge in [0.25, 0.3) is 5.91 Å². The van der Waals surface area contributed by atoms with Crippen molar-refractivity contribution >= 4 is 39.3 Å². The zero-order chi connectivity index (χ0) is 21.7. The van der Waals surface area contributed by atoms with Gasteiger partial charge in [-0.15, -0.1) is 11.8 Å². The summed E-state index contributed by atoms with van der Waals surface area (Å²) in [6.07, 6.45) is 2.87. The van der Waals surface area contributed by atoms with Crippen LogP contribution in [0, 0.1) is 6.92 Å². The van der Waals surface area contributed by atoms with E-state index in [2.05, 4.69) is 5.32 Å². The number of nitrogens with one attached hydrogen (secondary N) is 1. The number of carbonyl (C=O) groups excluding carboxylic acids is 2. The highest BCUT2D eigenvalue weighted by Gasteiger charge is 2.40. The van der Waals surface area contributed by atoms with Crippen LogP contribution in [-0.4, -0.2) is 50.0 Å². The third-order valence-electron chi connectivity index (χ3n) is 4.82. The van der Waals surface area contributed by atoms with Crippen LogP contribution in [0.2, 0.25) is 0 Å². The monoisotopic (exact) mass is 448 g/mol. The smallest absolute Gasteiger partial charge is 0.324 e. The molecule has 2 aromatic carbocycles. The van der Waals surface area contributed by atoms with Crippen molar-refractivity contribution in [3.63, 3.8) is 0 Å². The maximum Gasteiger partial charge on any atom is 0.324 e. The number of rotatable bonds is 7. The molecule has 1 aliphatic rings. The van der Waals surface area contributed by atoms with Crippen LogP contribution in [0.4, 0.5) is 5.69 Å². The van der Waals surface area contributed by atoms with Crippen molar-refractivity contribution in [1.29, 1.82) is 0 Å².